The molecule has 106 valence electrons. The van der Waals surface area contributed by atoms with Gasteiger partial charge in [-0.3, -0.25) is 9.69 Å². The molecule has 0 aliphatic rings. The van der Waals surface area contributed by atoms with E-state index in [0.717, 1.165) is 41.4 Å². The number of nitrogens with zero attached hydrogens (tertiary/aromatic N) is 3. The van der Waals surface area contributed by atoms with Gasteiger partial charge < -0.3 is 5.32 Å². The first-order chi connectivity index (χ1) is 9.60. The third-order valence-corrected chi connectivity index (χ3v) is 3.41. The van der Waals surface area contributed by atoms with Crippen molar-refractivity contribution in [2.24, 2.45) is 0 Å². The van der Waals surface area contributed by atoms with Crippen molar-refractivity contribution in [1.82, 2.24) is 13.6 Å². The maximum absolute atomic E-state index is 12.1. The van der Waals surface area contributed by atoms with Crippen molar-refractivity contribution in [3.05, 3.63) is 30.4 Å². The molecule has 0 aliphatic carbocycles. The predicted molar refractivity (Wildman–Crippen MR) is 83.0 cm³/mol. The van der Waals surface area contributed by atoms with Crippen molar-refractivity contribution in [3.8, 4) is 0 Å². The number of amides is 1. The van der Waals surface area contributed by atoms with E-state index in [-0.39, 0.29) is 5.91 Å². The van der Waals surface area contributed by atoms with Gasteiger partial charge in [-0.25, -0.2) is 0 Å². The summed E-state index contributed by atoms with van der Waals surface area (Å²) in [4.78, 5) is 14.1. The second-order valence-corrected chi connectivity index (χ2v) is 5.27. The molecule has 0 unspecified atom stereocenters. The van der Waals surface area contributed by atoms with Crippen molar-refractivity contribution in [3.63, 3.8) is 0 Å². The van der Waals surface area contributed by atoms with E-state index in [2.05, 4.69) is 20.6 Å². The number of likely N-dealkylation sites (N-methyl/N-ethyl adjacent to an activating group) is 1. The summed E-state index contributed by atoms with van der Waals surface area (Å²) in [7, 11) is 0. The molecule has 0 saturated carbocycles. The van der Waals surface area contributed by atoms with Gasteiger partial charge in [0.05, 0.1) is 24.0 Å². The van der Waals surface area contributed by atoms with E-state index < -0.39 is 0 Å². The minimum Gasteiger partial charge on any atom is -0.323 e. The molecule has 0 bridgehead atoms. The number of fused-ring (bicyclic) bond motifs is 1. The first-order valence-corrected chi connectivity index (χ1v) is 7.21. The second kappa shape index (κ2) is 6.58. The standard InChI is InChI=1S/C14H18N4OS/c1-4-18(8-10(2)3)9-13(19)15-11-6-5-7-12-14(11)17-20-16-12/h5-7H,2,4,8-9H2,1,3H3,(H,15,19). The number of benzene rings is 1. The van der Waals surface area contributed by atoms with Crippen molar-refractivity contribution in [2.75, 3.05) is 25.0 Å². The van der Waals surface area contributed by atoms with Gasteiger partial charge >= 0.3 is 0 Å². The Morgan fingerprint density at radius 2 is 2.20 bits per heavy atom. The third-order valence-electron chi connectivity index (χ3n) is 2.87. The highest BCUT2D eigenvalue weighted by atomic mass is 32.1. The van der Waals surface area contributed by atoms with Gasteiger partial charge in [-0.05, 0) is 25.6 Å². The van der Waals surface area contributed by atoms with Crippen LogP contribution in [0.25, 0.3) is 11.0 Å². The van der Waals surface area contributed by atoms with Crippen molar-refractivity contribution in [2.45, 2.75) is 13.8 Å². The number of anilines is 1. The monoisotopic (exact) mass is 290 g/mol. The summed E-state index contributed by atoms with van der Waals surface area (Å²) >= 11 is 1.15. The summed E-state index contributed by atoms with van der Waals surface area (Å²) in [6.07, 6.45) is 0. The van der Waals surface area contributed by atoms with Gasteiger partial charge in [0, 0.05) is 6.54 Å². The van der Waals surface area contributed by atoms with Crippen LogP contribution in [0, 0.1) is 0 Å². The minimum absolute atomic E-state index is 0.0476. The molecule has 1 N–H and O–H groups in total. The Bertz CT molecular complexity index is 622. The van der Waals surface area contributed by atoms with E-state index in [9.17, 15) is 4.79 Å². The molecule has 0 radical (unpaired) electrons. The van der Waals surface area contributed by atoms with Gasteiger partial charge in [-0.2, -0.15) is 8.75 Å². The lowest BCUT2D eigenvalue weighted by Gasteiger charge is -2.19. The maximum Gasteiger partial charge on any atom is 0.238 e. The Balaban J connectivity index is 2.04. The molecule has 2 aromatic rings. The number of hydrogen-bond donors (Lipinski definition) is 1. The molecule has 6 heteroatoms. The first kappa shape index (κ1) is 14.6. The zero-order chi connectivity index (χ0) is 14.5. The molecule has 0 fully saturated rings. The summed E-state index contributed by atoms with van der Waals surface area (Å²) < 4.78 is 8.37. The SMILES string of the molecule is C=C(C)CN(CC)CC(=O)Nc1cccc2nsnc12. The number of carbonyl (C=O) groups is 1. The Morgan fingerprint density at radius 3 is 2.90 bits per heavy atom. The van der Waals surface area contributed by atoms with Gasteiger partial charge in [-0.1, -0.05) is 25.1 Å². The molecule has 1 aromatic carbocycles. The highest BCUT2D eigenvalue weighted by molar-refractivity contribution is 7.00. The van der Waals surface area contributed by atoms with Crippen molar-refractivity contribution >= 4 is 34.4 Å². The normalized spacial score (nSPS) is 10.9. The van der Waals surface area contributed by atoms with Crippen LogP contribution in [-0.2, 0) is 4.79 Å². The minimum atomic E-state index is -0.0476. The topological polar surface area (TPSA) is 58.1 Å². The number of carbonyl (C=O) groups excluding carboxylic acids is 1. The fourth-order valence-electron chi connectivity index (χ4n) is 1.96. The van der Waals surface area contributed by atoms with E-state index in [4.69, 9.17) is 0 Å². The molecule has 1 amide bonds. The Labute approximate surface area is 122 Å². The van der Waals surface area contributed by atoms with E-state index in [1.165, 1.54) is 0 Å². The highest BCUT2D eigenvalue weighted by Crippen LogP contribution is 2.20. The molecule has 0 aliphatic heterocycles. The molecular formula is C14H18N4OS. The van der Waals surface area contributed by atoms with Gasteiger partial charge in [0.2, 0.25) is 5.91 Å². The van der Waals surface area contributed by atoms with Crippen LogP contribution in [0.1, 0.15) is 13.8 Å². The third kappa shape index (κ3) is 3.61. The smallest absolute Gasteiger partial charge is 0.238 e. The Morgan fingerprint density at radius 1 is 1.40 bits per heavy atom. The zero-order valence-electron chi connectivity index (χ0n) is 11.7. The summed E-state index contributed by atoms with van der Waals surface area (Å²) in [6.45, 7) is 9.75. The zero-order valence-corrected chi connectivity index (χ0v) is 12.5. The van der Waals surface area contributed by atoms with Gasteiger partial charge in [0.25, 0.3) is 0 Å². The van der Waals surface area contributed by atoms with Crippen LogP contribution in [0.5, 0.6) is 0 Å². The van der Waals surface area contributed by atoms with E-state index in [1.807, 2.05) is 36.9 Å². The molecule has 1 aromatic heterocycles. The fraction of sp³-hybridized carbons (Fsp3) is 0.357. The molecule has 1 heterocycles. The van der Waals surface area contributed by atoms with Crippen LogP contribution in [0.2, 0.25) is 0 Å². The summed E-state index contributed by atoms with van der Waals surface area (Å²) in [5.74, 6) is -0.0476. The quantitative estimate of drug-likeness (QED) is 0.831. The van der Waals surface area contributed by atoms with E-state index >= 15 is 0 Å². The molecule has 0 spiro atoms. The number of rotatable bonds is 6. The summed E-state index contributed by atoms with van der Waals surface area (Å²) in [6, 6.07) is 5.59. The van der Waals surface area contributed by atoms with Crippen LogP contribution in [0.3, 0.4) is 0 Å². The number of hydrogen-bond acceptors (Lipinski definition) is 5. The fourth-order valence-corrected chi connectivity index (χ4v) is 2.51. The lowest BCUT2D eigenvalue weighted by atomic mass is 10.2. The van der Waals surface area contributed by atoms with E-state index in [0.29, 0.717) is 12.2 Å². The average molecular weight is 290 g/mol. The van der Waals surface area contributed by atoms with E-state index in [1.54, 1.807) is 0 Å². The number of aromatic nitrogens is 2. The second-order valence-electron chi connectivity index (χ2n) is 4.75. The maximum atomic E-state index is 12.1. The number of nitrogens with one attached hydrogen (secondary N) is 1. The molecule has 20 heavy (non-hydrogen) atoms. The molecule has 2 rings (SSSR count). The first-order valence-electron chi connectivity index (χ1n) is 6.48. The molecule has 0 saturated heterocycles. The van der Waals surface area contributed by atoms with Gasteiger partial charge in [-0.15, -0.1) is 0 Å². The van der Waals surface area contributed by atoms with Crippen molar-refractivity contribution in [1.29, 1.82) is 0 Å². The molecule has 0 atom stereocenters. The molecular weight excluding hydrogens is 272 g/mol. The van der Waals surface area contributed by atoms with Crippen LogP contribution in [0.4, 0.5) is 5.69 Å². The average Bonchev–Trinajstić information content (AvgIpc) is 2.86. The lowest BCUT2D eigenvalue weighted by Crippen LogP contribution is -2.34. The Kier molecular flexibility index (Phi) is 4.81. The highest BCUT2D eigenvalue weighted by Gasteiger charge is 2.12. The predicted octanol–water partition coefficient (Wildman–Crippen LogP) is 2.53. The van der Waals surface area contributed by atoms with Crippen LogP contribution in [-0.4, -0.2) is 39.2 Å². The largest absolute Gasteiger partial charge is 0.323 e. The Hall–Kier alpha value is -1.79. The van der Waals surface area contributed by atoms with Gasteiger partial charge in [0.15, 0.2) is 0 Å². The van der Waals surface area contributed by atoms with Gasteiger partial charge in [0.1, 0.15) is 11.0 Å². The van der Waals surface area contributed by atoms with Crippen LogP contribution < -0.4 is 5.32 Å². The lowest BCUT2D eigenvalue weighted by molar-refractivity contribution is -0.117. The van der Waals surface area contributed by atoms with Crippen LogP contribution >= 0.6 is 11.7 Å². The molecule has 5 nitrogen and oxygen atoms in total. The van der Waals surface area contributed by atoms with Crippen molar-refractivity contribution < 1.29 is 4.79 Å². The van der Waals surface area contributed by atoms with Crippen LogP contribution in [0.15, 0.2) is 30.4 Å². The summed E-state index contributed by atoms with van der Waals surface area (Å²) in [5, 5.41) is 2.90. The summed E-state index contributed by atoms with van der Waals surface area (Å²) in [5.41, 5.74) is 3.31.